The number of hydrogen-bond acceptors (Lipinski definition) is 3. The highest BCUT2D eigenvalue weighted by molar-refractivity contribution is 7.92. The number of rotatable bonds is 4. The van der Waals surface area contributed by atoms with Gasteiger partial charge in [0.15, 0.2) is 0 Å². The van der Waals surface area contributed by atoms with Crippen molar-refractivity contribution < 1.29 is 12.8 Å². The van der Waals surface area contributed by atoms with Gasteiger partial charge >= 0.3 is 0 Å². The first kappa shape index (κ1) is 16.3. The van der Waals surface area contributed by atoms with Gasteiger partial charge in [-0.15, -0.1) is 0 Å². The summed E-state index contributed by atoms with van der Waals surface area (Å²) < 4.78 is 32.4. The molecule has 24 heavy (non-hydrogen) atoms. The van der Waals surface area contributed by atoms with E-state index in [4.69, 9.17) is 4.42 Å². The van der Waals surface area contributed by atoms with Gasteiger partial charge in [-0.25, -0.2) is 8.42 Å². The van der Waals surface area contributed by atoms with E-state index in [0.29, 0.717) is 5.69 Å². The van der Waals surface area contributed by atoms with Crippen molar-refractivity contribution in [2.45, 2.75) is 18.7 Å². The molecule has 1 heterocycles. The van der Waals surface area contributed by atoms with Crippen LogP contribution in [0.25, 0.3) is 11.3 Å². The average molecular weight is 341 g/mol. The predicted molar refractivity (Wildman–Crippen MR) is 95.6 cm³/mol. The second kappa shape index (κ2) is 6.17. The van der Waals surface area contributed by atoms with Gasteiger partial charge in [0.2, 0.25) is 0 Å². The summed E-state index contributed by atoms with van der Waals surface area (Å²) in [6.07, 6.45) is 1.61. The molecule has 0 aliphatic heterocycles. The maximum atomic E-state index is 12.8. The predicted octanol–water partition coefficient (Wildman–Crippen LogP) is 4.39. The molecule has 0 spiro atoms. The standard InChI is InChI=1S/C19H19NO3S/c1-14-6-10-17(11-7-14)24(21,22)20(3)16-9-8-15(2)18(13-16)19-5-4-12-23-19/h4-13H,1-3H3. The van der Waals surface area contributed by atoms with Crippen molar-refractivity contribution in [3.8, 4) is 11.3 Å². The molecule has 5 heteroatoms. The van der Waals surface area contributed by atoms with Crippen molar-refractivity contribution in [2.24, 2.45) is 0 Å². The molecule has 0 saturated carbocycles. The number of anilines is 1. The minimum Gasteiger partial charge on any atom is -0.464 e. The van der Waals surface area contributed by atoms with Gasteiger partial charge in [0.05, 0.1) is 16.8 Å². The summed E-state index contributed by atoms with van der Waals surface area (Å²) in [5, 5.41) is 0. The van der Waals surface area contributed by atoms with E-state index in [9.17, 15) is 8.42 Å². The van der Waals surface area contributed by atoms with Gasteiger partial charge in [-0.1, -0.05) is 23.8 Å². The highest BCUT2D eigenvalue weighted by Crippen LogP contribution is 2.30. The van der Waals surface area contributed by atoms with E-state index >= 15 is 0 Å². The van der Waals surface area contributed by atoms with Crippen LogP contribution < -0.4 is 4.31 Å². The smallest absolute Gasteiger partial charge is 0.264 e. The van der Waals surface area contributed by atoms with Gasteiger partial charge < -0.3 is 4.42 Å². The molecule has 0 radical (unpaired) electrons. The van der Waals surface area contributed by atoms with Crippen LogP contribution in [0.2, 0.25) is 0 Å². The van der Waals surface area contributed by atoms with Gasteiger partial charge in [-0.2, -0.15) is 0 Å². The zero-order chi connectivity index (χ0) is 17.3. The van der Waals surface area contributed by atoms with E-state index in [2.05, 4.69) is 0 Å². The van der Waals surface area contributed by atoms with E-state index in [1.807, 2.05) is 38.1 Å². The summed E-state index contributed by atoms with van der Waals surface area (Å²) in [6, 6.07) is 16.1. The summed E-state index contributed by atoms with van der Waals surface area (Å²) in [5.41, 5.74) is 3.51. The van der Waals surface area contributed by atoms with E-state index < -0.39 is 10.0 Å². The largest absolute Gasteiger partial charge is 0.464 e. The monoisotopic (exact) mass is 341 g/mol. The van der Waals surface area contributed by atoms with Crippen LogP contribution in [0.1, 0.15) is 11.1 Å². The fraction of sp³-hybridized carbons (Fsp3) is 0.158. The van der Waals surface area contributed by atoms with E-state index in [1.165, 1.54) is 4.31 Å². The molecule has 0 fully saturated rings. The minimum atomic E-state index is -3.60. The Morgan fingerprint density at radius 3 is 2.29 bits per heavy atom. The molecule has 0 amide bonds. The molecule has 0 N–H and O–H groups in total. The zero-order valence-electron chi connectivity index (χ0n) is 13.9. The molecule has 2 aromatic carbocycles. The molecule has 3 aromatic rings. The normalized spacial score (nSPS) is 11.5. The Labute approximate surface area is 142 Å². The van der Waals surface area contributed by atoms with Gasteiger partial charge in [0.25, 0.3) is 10.0 Å². The van der Waals surface area contributed by atoms with E-state index in [-0.39, 0.29) is 4.90 Å². The second-order valence-electron chi connectivity index (χ2n) is 5.76. The topological polar surface area (TPSA) is 50.5 Å². The fourth-order valence-corrected chi connectivity index (χ4v) is 3.70. The molecule has 0 aliphatic rings. The summed E-state index contributed by atoms with van der Waals surface area (Å²) in [7, 11) is -2.04. The summed E-state index contributed by atoms with van der Waals surface area (Å²) in [4.78, 5) is 0.274. The molecular weight excluding hydrogens is 322 g/mol. The molecule has 0 bridgehead atoms. The molecule has 1 aromatic heterocycles. The van der Waals surface area contributed by atoms with Gasteiger partial charge in [0.1, 0.15) is 5.76 Å². The Morgan fingerprint density at radius 2 is 1.67 bits per heavy atom. The van der Waals surface area contributed by atoms with Crippen molar-refractivity contribution in [3.05, 3.63) is 72.0 Å². The Hall–Kier alpha value is -2.53. The highest BCUT2D eigenvalue weighted by Gasteiger charge is 2.22. The first-order valence-electron chi connectivity index (χ1n) is 7.60. The first-order chi connectivity index (χ1) is 11.4. The highest BCUT2D eigenvalue weighted by atomic mass is 32.2. The second-order valence-corrected chi connectivity index (χ2v) is 7.73. The number of nitrogens with zero attached hydrogens (tertiary/aromatic N) is 1. The Balaban J connectivity index is 2.02. The van der Waals surface area contributed by atoms with Crippen LogP contribution in [0.4, 0.5) is 5.69 Å². The molecule has 4 nitrogen and oxygen atoms in total. The lowest BCUT2D eigenvalue weighted by Gasteiger charge is -2.20. The molecular formula is C19H19NO3S. The average Bonchev–Trinajstić information content (AvgIpc) is 3.09. The number of benzene rings is 2. The number of aryl methyl sites for hydroxylation is 2. The third-order valence-corrected chi connectivity index (χ3v) is 5.85. The first-order valence-corrected chi connectivity index (χ1v) is 9.04. The molecule has 3 rings (SSSR count). The van der Waals surface area contributed by atoms with Crippen LogP contribution >= 0.6 is 0 Å². The van der Waals surface area contributed by atoms with E-state index in [1.54, 1.807) is 43.6 Å². The van der Waals surface area contributed by atoms with Crippen LogP contribution in [0.15, 0.2) is 70.2 Å². The van der Waals surface area contributed by atoms with Crippen LogP contribution in [-0.2, 0) is 10.0 Å². The lowest BCUT2D eigenvalue weighted by Crippen LogP contribution is -2.26. The maximum absolute atomic E-state index is 12.8. The number of furan rings is 1. The lowest BCUT2D eigenvalue weighted by molar-refractivity contribution is 0.581. The summed E-state index contributed by atoms with van der Waals surface area (Å²) in [5.74, 6) is 0.718. The van der Waals surface area contributed by atoms with Crippen molar-refractivity contribution >= 4 is 15.7 Å². The quantitative estimate of drug-likeness (QED) is 0.707. The fourth-order valence-electron chi connectivity index (χ4n) is 2.51. The van der Waals surface area contributed by atoms with E-state index in [0.717, 1.165) is 22.5 Å². The Bertz CT molecular complexity index is 943. The third kappa shape index (κ3) is 2.95. The maximum Gasteiger partial charge on any atom is 0.264 e. The van der Waals surface area contributed by atoms with Crippen molar-refractivity contribution in [3.63, 3.8) is 0 Å². The molecule has 0 atom stereocenters. The molecule has 0 saturated heterocycles. The van der Waals surface area contributed by atoms with Crippen molar-refractivity contribution in [2.75, 3.05) is 11.4 Å². The van der Waals surface area contributed by atoms with Gasteiger partial charge in [-0.05, 0) is 55.8 Å². The van der Waals surface area contributed by atoms with Crippen LogP contribution in [0.3, 0.4) is 0 Å². The summed E-state index contributed by atoms with van der Waals surface area (Å²) in [6.45, 7) is 3.89. The Kier molecular flexibility index (Phi) is 4.20. The molecule has 0 aliphatic carbocycles. The third-order valence-electron chi connectivity index (χ3n) is 4.05. The van der Waals surface area contributed by atoms with Crippen LogP contribution in [0.5, 0.6) is 0 Å². The van der Waals surface area contributed by atoms with Crippen molar-refractivity contribution in [1.82, 2.24) is 0 Å². The SMILES string of the molecule is Cc1ccc(S(=O)(=O)N(C)c2ccc(C)c(-c3ccco3)c2)cc1. The van der Waals surface area contributed by atoms with Gasteiger partial charge in [-0.3, -0.25) is 4.31 Å². The molecule has 124 valence electrons. The van der Waals surface area contributed by atoms with Crippen molar-refractivity contribution in [1.29, 1.82) is 0 Å². The lowest BCUT2D eigenvalue weighted by atomic mass is 10.1. The minimum absolute atomic E-state index is 0.274. The van der Waals surface area contributed by atoms with Crippen LogP contribution in [0, 0.1) is 13.8 Å². The summed E-state index contributed by atoms with van der Waals surface area (Å²) >= 11 is 0. The van der Waals surface area contributed by atoms with Crippen LogP contribution in [-0.4, -0.2) is 15.5 Å². The molecule has 0 unspecified atom stereocenters. The number of sulfonamides is 1. The number of hydrogen-bond donors (Lipinski definition) is 0. The zero-order valence-corrected chi connectivity index (χ0v) is 14.7. The van der Waals surface area contributed by atoms with Gasteiger partial charge in [0, 0.05) is 12.6 Å². The Morgan fingerprint density at radius 1 is 0.958 bits per heavy atom.